The number of pyridine rings is 1. The Hall–Kier alpha value is -2.27. The van der Waals surface area contributed by atoms with Crippen LogP contribution in [0.15, 0.2) is 42.6 Å². The first-order valence-electron chi connectivity index (χ1n) is 7.90. The van der Waals surface area contributed by atoms with Crippen molar-refractivity contribution in [3.05, 3.63) is 54.0 Å². The topological polar surface area (TPSA) is 68.0 Å². The van der Waals surface area contributed by atoms with Gasteiger partial charge in [0.05, 0.1) is 11.3 Å². The van der Waals surface area contributed by atoms with Crippen LogP contribution in [0.3, 0.4) is 0 Å². The molecule has 3 rings (SSSR count). The normalized spacial score (nSPS) is 21.0. The zero-order chi connectivity index (χ0) is 16.2. The standard InChI is InChI=1S/C18H20FN3O/c19-14-4-1-3-12(9-14)17-8-7-13(11-21-17)18(23)22-16-6-2-5-15(20)10-16/h1,3-4,7-9,11,15-16H,2,5-6,10,20H2,(H,22,23)/t15-,16+/m1/s1. The van der Waals surface area contributed by atoms with Crippen LogP contribution < -0.4 is 11.1 Å². The summed E-state index contributed by atoms with van der Waals surface area (Å²) >= 11 is 0. The fourth-order valence-corrected chi connectivity index (χ4v) is 2.97. The number of nitrogens with zero attached hydrogens (tertiary/aromatic N) is 1. The largest absolute Gasteiger partial charge is 0.349 e. The number of carbonyl (C=O) groups is 1. The number of halogens is 1. The van der Waals surface area contributed by atoms with Crippen LogP contribution in [0.2, 0.25) is 0 Å². The molecule has 0 radical (unpaired) electrons. The van der Waals surface area contributed by atoms with E-state index in [4.69, 9.17) is 5.73 Å². The molecule has 0 bridgehead atoms. The Morgan fingerprint density at radius 2 is 2.13 bits per heavy atom. The first kappa shape index (κ1) is 15.6. The van der Waals surface area contributed by atoms with Crippen molar-refractivity contribution >= 4 is 5.91 Å². The molecule has 1 saturated carbocycles. The number of amides is 1. The highest BCUT2D eigenvalue weighted by atomic mass is 19.1. The molecule has 1 fully saturated rings. The molecule has 23 heavy (non-hydrogen) atoms. The third-order valence-corrected chi connectivity index (χ3v) is 4.20. The summed E-state index contributed by atoms with van der Waals surface area (Å²) < 4.78 is 13.3. The van der Waals surface area contributed by atoms with Gasteiger partial charge >= 0.3 is 0 Å². The number of hydrogen-bond donors (Lipinski definition) is 2. The van der Waals surface area contributed by atoms with Crippen LogP contribution in [0.4, 0.5) is 4.39 Å². The van der Waals surface area contributed by atoms with Crippen molar-refractivity contribution in [1.29, 1.82) is 0 Å². The first-order chi connectivity index (χ1) is 11.1. The van der Waals surface area contributed by atoms with Gasteiger partial charge in [-0.15, -0.1) is 0 Å². The van der Waals surface area contributed by atoms with Crippen LogP contribution >= 0.6 is 0 Å². The highest BCUT2D eigenvalue weighted by molar-refractivity contribution is 5.94. The number of benzene rings is 1. The quantitative estimate of drug-likeness (QED) is 0.915. The Bertz CT molecular complexity index is 687. The zero-order valence-corrected chi connectivity index (χ0v) is 12.8. The second-order valence-electron chi connectivity index (χ2n) is 6.04. The van der Waals surface area contributed by atoms with Gasteiger partial charge in [-0.05, 0) is 49.9 Å². The Morgan fingerprint density at radius 1 is 1.26 bits per heavy atom. The van der Waals surface area contributed by atoms with Crippen molar-refractivity contribution in [3.8, 4) is 11.3 Å². The summed E-state index contributed by atoms with van der Waals surface area (Å²) in [6.45, 7) is 0. The van der Waals surface area contributed by atoms with Crippen molar-refractivity contribution in [2.24, 2.45) is 5.73 Å². The maximum Gasteiger partial charge on any atom is 0.253 e. The molecule has 0 saturated heterocycles. The molecule has 120 valence electrons. The van der Waals surface area contributed by atoms with E-state index in [-0.39, 0.29) is 23.8 Å². The molecule has 0 spiro atoms. The van der Waals surface area contributed by atoms with E-state index in [1.165, 1.54) is 18.3 Å². The molecule has 3 N–H and O–H groups in total. The van der Waals surface area contributed by atoms with Crippen LogP contribution in [0, 0.1) is 5.82 Å². The van der Waals surface area contributed by atoms with Gasteiger partial charge < -0.3 is 11.1 Å². The zero-order valence-electron chi connectivity index (χ0n) is 12.8. The monoisotopic (exact) mass is 313 g/mol. The van der Waals surface area contributed by atoms with Crippen LogP contribution in [0.1, 0.15) is 36.0 Å². The van der Waals surface area contributed by atoms with Crippen molar-refractivity contribution in [2.45, 2.75) is 37.8 Å². The highest BCUT2D eigenvalue weighted by Gasteiger charge is 2.21. The van der Waals surface area contributed by atoms with E-state index in [1.54, 1.807) is 24.3 Å². The Kier molecular flexibility index (Phi) is 4.67. The third-order valence-electron chi connectivity index (χ3n) is 4.20. The van der Waals surface area contributed by atoms with Gasteiger partial charge in [-0.3, -0.25) is 9.78 Å². The number of aromatic nitrogens is 1. The van der Waals surface area contributed by atoms with Crippen molar-refractivity contribution in [3.63, 3.8) is 0 Å². The smallest absolute Gasteiger partial charge is 0.253 e. The highest BCUT2D eigenvalue weighted by Crippen LogP contribution is 2.19. The van der Waals surface area contributed by atoms with Crippen molar-refractivity contribution in [2.75, 3.05) is 0 Å². The number of nitrogens with two attached hydrogens (primary N) is 1. The second kappa shape index (κ2) is 6.87. The number of nitrogens with one attached hydrogen (secondary N) is 1. The van der Waals surface area contributed by atoms with E-state index in [0.29, 0.717) is 16.8 Å². The van der Waals surface area contributed by atoms with Gasteiger partial charge in [-0.2, -0.15) is 0 Å². The van der Waals surface area contributed by atoms with Crippen molar-refractivity contribution in [1.82, 2.24) is 10.3 Å². The van der Waals surface area contributed by atoms with Gasteiger partial charge in [0.2, 0.25) is 0 Å². The Balaban J connectivity index is 1.68. The predicted octanol–water partition coefficient (Wildman–Crippen LogP) is 2.89. The molecule has 1 aliphatic carbocycles. The van der Waals surface area contributed by atoms with E-state index < -0.39 is 0 Å². The molecular weight excluding hydrogens is 293 g/mol. The van der Waals surface area contributed by atoms with Crippen LogP contribution in [-0.2, 0) is 0 Å². The molecule has 1 aromatic carbocycles. The molecule has 4 nitrogen and oxygen atoms in total. The minimum Gasteiger partial charge on any atom is -0.349 e. The van der Waals surface area contributed by atoms with Crippen LogP contribution in [0.5, 0.6) is 0 Å². The fourth-order valence-electron chi connectivity index (χ4n) is 2.97. The molecule has 0 unspecified atom stereocenters. The lowest BCUT2D eigenvalue weighted by Gasteiger charge is -2.27. The molecule has 1 aliphatic rings. The molecule has 1 aromatic heterocycles. The summed E-state index contributed by atoms with van der Waals surface area (Å²) in [7, 11) is 0. The van der Waals surface area contributed by atoms with Gasteiger partial charge in [0.25, 0.3) is 5.91 Å². The van der Waals surface area contributed by atoms with E-state index in [0.717, 1.165) is 25.7 Å². The Morgan fingerprint density at radius 3 is 2.83 bits per heavy atom. The molecule has 1 amide bonds. The maximum atomic E-state index is 13.3. The SMILES string of the molecule is N[C@@H]1CCC[C@H](NC(=O)c2ccc(-c3cccc(F)c3)nc2)C1. The number of rotatable bonds is 3. The average molecular weight is 313 g/mol. The summed E-state index contributed by atoms with van der Waals surface area (Å²) in [6, 6.07) is 9.98. The maximum absolute atomic E-state index is 13.3. The summed E-state index contributed by atoms with van der Waals surface area (Å²) in [5.41, 5.74) is 7.78. The lowest BCUT2D eigenvalue weighted by molar-refractivity contribution is 0.0925. The minimum absolute atomic E-state index is 0.133. The third kappa shape index (κ3) is 3.93. The van der Waals surface area contributed by atoms with Gasteiger partial charge in [-0.25, -0.2) is 4.39 Å². The minimum atomic E-state index is -0.306. The molecule has 2 atom stereocenters. The summed E-state index contributed by atoms with van der Waals surface area (Å²) in [5, 5.41) is 3.01. The summed E-state index contributed by atoms with van der Waals surface area (Å²) in [4.78, 5) is 16.5. The fraction of sp³-hybridized carbons (Fsp3) is 0.333. The van der Waals surface area contributed by atoms with Gasteiger partial charge in [0.15, 0.2) is 0 Å². The second-order valence-corrected chi connectivity index (χ2v) is 6.04. The number of carbonyl (C=O) groups excluding carboxylic acids is 1. The van der Waals surface area contributed by atoms with Gasteiger partial charge in [-0.1, -0.05) is 12.1 Å². The van der Waals surface area contributed by atoms with Gasteiger partial charge in [0, 0.05) is 23.8 Å². The van der Waals surface area contributed by atoms with Crippen molar-refractivity contribution < 1.29 is 9.18 Å². The number of hydrogen-bond acceptors (Lipinski definition) is 3. The van der Waals surface area contributed by atoms with Crippen LogP contribution in [-0.4, -0.2) is 23.0 Å². The van der Waals surface area contributed by atoms with E-state index in [1.807, 2.05) is 0 Å². The van der Waals surface area contributed by atoms with Crippen LogP contribution in [0.25, 0.3) is 11.3 Å². The average Bonchev–Trinajstić information content (AvgIpc) is 2.55. The lowest BCUT2D eigenvalue weighted by Crippen LogP contribution is -2.42. The Labute approximate surface area is 134 Å². The molecule has 5 heteroatoms. The molecule has 2 aromatic rings. The van der Waals surface area contributed by atoms with E-state index in [2.05, 4.69) is 10.3 Å². The summed E-state index contributed by atoms with van der Waals surface area (Å²) in [6.07, 6.45) is 5.38. The summed E-state index contributed by atoms with van der Waals surface area (Å²) in [5.74, 6) is -0.442. The first-order valence-corrected chi connectivity index (χ1v) is 7.90. The lowest BCUT2D eigenvalue weighted by atomic mass is 9.91. The van der Waals surface area contributed by atoms with Gasteiger partial charge in [0.1, 0.15) is 5.82 Å². The van der Waals surface area contributed by atoms with E-state index in [9.17, 15) is 9.18 Å². The molecule has 1 heterocycles. The predicted molar refractivity (Wildman–Crippen MR) is 87.3 cm³/mol. The molecule has 0 aliphatic heterocycles. The molecular formula is C18H20FN3O. The van der Waals surface area contributed by atoms with E-state index >= 15 is 0 Å².